The van der Waals surface area contributed by atoms with Crippen LogP contribution in [0.4, 0.5) is 0 Å². The van der Waals surface area contributed by atoms with Crippen LogP contribution in [0.3, 0.4) is 0 Å². The molecule has 0 aliphatic heterocycles. The minimum absolute atomic E-state index is 0.872. The topological polar surface area (TPSA) is 9.23 Å². The molecule has 48 valence electrons. The predicted octanol–water partition coefficient (Wildman–Crippen LogP) is -0.743. The molecule has 0 bridgehead atoms. The summed E-state index contributed by atoms with van der Waals surface area (Å²) >= 11 is 0.872. The summed E-state index contributed by atoms with van der Waals surface area (Å²) in [7, 11) is 6.50. The number of quaternary nitrogens is 1. The van der Waals surface area contributed by atoms with E-state index in [-0.39, 0.29) is 0 Å². The first-order valence-electron chi connectivity index (χ1n) is 2.85. The zero-order valence-corrected chi connectivity index (χ0v) is 8.27. The van der Waals surface area contributed by atoms with Gasteiger partial charge in [-0.05, 0) is 0 Å². The molecule has 0 aliphatic rings. The lowest BCUT2D eigenvalue weighted by Gasteiger charge is -2.23. The maximum absolute atomic E-state index is 5.04. The number of hydrogen-bond acceptors (Lipinski definition) is 1. The largest absolute Gasteiger partial charge is 0.502 e. The molecule has 0 saturated heterocycles. The predicted molar refractivity (Wildman–Crippen MR) is 37.4 cm³/mol. The normalized spacial score (nSPS) is 11.9. The highest BCUT2D eigenvalue weighted by atomic mass is 27.1. The van der Waals surface area contributed by atoms with Crippen molar-refractivity contribution >= 4 is 16.6 Å². The summed E-state index contributed by atoms with van der Waals surface area (Å²) in [5.74, 6) is 0. The average Bonchev–Trinajstić information content (AvgIpc) is 1.59. The van der Waals surface area contributed by atoms with Gasteiger partial charge in [-0.1, -0.05) is 0 Å². The molecule has 3 heteroatoms. The maximum Gasteiger partial charge on any atom is 0.410 e. The Morgan fingerprint density at radius 2 is 1.88 bits per heavy atom. The van der Waals surface area contributed by atoms with Crippen molar-refractivity contribution in [1.82, 2.24) is 0 Å². The average molecular weight is 132 g/mol. The third kappa shape index (κ3) is 6.45. The first-order valence-corrected chi connectivity index (χ1v) is 3.67. The Balaban J connectivity index is 3.11. The van der Waals surface area contributed by atoms with Gasteiger partial charge in [-0.3, -0.25) is 0 Å². The highest BCUT2D eigenvalue weighted by Crippen LogP contribution is 1.86. The first kappa shape index (κ1) is 8.45. The molecule has 0 amide bonds. The Labute approximate surface area is 59.8 Å². The fourth-order valence-electron chi connectivity index (χ4n) is 0.365. The number of hydrogen-bond donors (Lipinski definition) is 0. The molecule has 0 spiro atoms. The molecule has 0 aromatic rings. The van der Waals surface area contributed by atoms with Crippen molar-refractivity contribution in [2.24, 2.45) is 0 Å². The highest BCUT2D eigenvalue weighted by Gasteiger charge is 2.03. The Bertz CT molecular complexity index is 59.9. The molecule has 0 aliphatic carbocycles. The van der Waals surface area contributed by atoms with Crippen molar-refractivity contribution in [3.8, 4) is 0 Å². The second-order valence-corrected chi connectivity index (χ2v) is 3.58. The molecule has 2 nitrogen and oxygen atoms in total. The summed E-state index contributed by atoms with van der Waals surface area (Å²) < 4.78 is 6.04. The summed E-state index contributed by atoms with van der Waals surface area (Å²) in [6.07, 6.45) is 0. The van der Waals surface area contributed by atoms with Crippen LogP contribution in [0, 0.1) is 0 Å². The van der Waals surface area contributed by atoms with E-state index >= 15 is 0 Å². The monoisotopic (exact) mass is 132 g/mol. The number of likely N-dealkylation sites (N-methyl/N-ethyl adjacent to an activating group) is 1. The number of rotatable bonds is 3. The van der Waals surface area contributed by atoms with E-state index in [0.29, 0.717) is 0 Å². The molecule has 0 N–H and O–H groups in total. The van der Waals surface area contributed by atoms with Crippen LogP contribution < -0.4 is 0 Å². The van der Waals surface area contributed by atoms with Crippen LogP contribution in [-0.4, -0.2) is 55.4 Å². The molecule has 0 heterocycles. The third-order valence-electron chi connectivity index (χ3n) is 0.966. The van der Waals surface area contributed by atoms with E-state index in [1.54, 1.807) is 0 Å². The van der Waals surface area contributed by atoms with Crippen molar-refractivity contribution < 1.29 is 8.27 Å². The zero-order valence-electron chi connectivity index (χ0n) is 6.27. The van der Waals surface area contributed by atoms with Gasteiger partial charge in [0.05, 0.1) is 34.3 Å². The zero-order chi connectivity index (χ0) is 6.62. The maximum atomic E-state index is 5.04. The second-order valence-electron chi connectivity index (χ2n) is 3.01. The van der Waals surface area contributed by atoms with E-state index < -0.39 is 0 Å². The van der Waals surface area contributed by atoms with E-state index in [1.807, 2.05) is 0 Å². The van der Waals surface area contributed by atoms with Gasteiger partial charge in [0, 0.05) is 0 Å². The van der Waals surface area contributed by atoms with Gasteiger partial charge >= 0.3 is 16.6 Å². The van der Waals surface area contributed by atoms with Gasteiger partial charge in [-0.2, -0.15) is 0 Å². The van der Waals surface area contributed by atoms with E-state index in [1.165, 1.54) is 0 Å². The Kier molecular flexibility index (Phi) is 3.67. The minimum Gasteiger partial charge on any atom is -0.502 e. The van der Waals surface area contributed by atoms with Crippen molar-refractivity contribution in [1.29, 1.82) is 0 Å². The molecule has 0 rings (SSSR count). The van der Waals surface area contributed by atoms with Crippen LogP contribution in [0.5, 0.6) is 0 Å². The number of nitrogens with zero attached hydrogens (tertiary/aromatic N) is 1. The molecule has 0 radical (unpaired) electrons. The summed E-state index contributed by atoms with van der Waals surface area (Å²) in [6, 6.07) is 0. The van der Waals surface area contributed by atoms with Crippen LogP contribution in [0.25, 0.3) is 0 Å². The Morgan fingerprint density at radius 3 is 2.00 bits per heavy atom. The van der Waals surface area contributed by atoms with E-state index in [2.05, 4.69) is 21.1 Å². The van der Waals surface area contributed by atoms with Crippen LogP contribution in [0.1, 0.15) is 0 Å². The lowest BCUT2D eigenvalue weighted by atomic mass is 10.5. The molecule has 8 heavy (non-hydrogen) atoms. The molecule has 0 atom stereocenters. The third-order valence-corrected chi connectivity index (χ3v) is 1.37. The molecule has 0 aromatic carbocycles. The van der Waals surface area contributed by atoms with Gasteiger partial charge < -0.3 is 8.27 Å². The van der Waals surface area contributed by atoms with Gasteiger partial charge in [0.2, 0.25) is 0 Å². The van der Waals surface area contributed by atoms with Crippen molar-refractivity contribution in [2.45, 2.75) is 0 Å². The van der Waals surface area contributed by atoms with Gasteiger partial charge in [-0.15, -0.1) is 0 Å². The van der Waals surface area contributed by atoms with Gasteiger partial charge in [0.15, 0.2) is 0 Å². The second kappa shape index (κ2) is 3.47. The minimum atomic E-state index is 0.872. The Hall–Kier alpha value is 0.452. The van der Waals surface area contributed by atoms with Gasteiger partial charge in [0.1, 0.15) is 0 Å². The molecular formula is C5H15AlNO+. The van der Waals surface area contributed by atoms with Crippen LogP contribution >= 0.6 is 0 Å². The smallest absolute Gasteiger partial charge is 0.410 e. The van der Waals surface area contributed by atoms with E-state index in [4.69, 9.17) is 3.79 Å². The summed E-state index contributed by atoms with van der Waals surface area (Å²) in [6.45, 7) is 2.03. The molecule has 0 saturated carbocycles. The Morgan fingerprint density at radius 1 is 1.38 bits per heavy atom. The van der Waals surface area contributed by atoms with Crippen LogP contribution in [0.15, 0.2) is 0 Å². The van der Waals surface area contributed by atoms with Crippen LogP contribution in [0.2, 0.25) is 0 Å². The fourth-order valence-corrected chi connectivity index (χ4v) is 0.548. The molecule has 0 unspecified atom stereocenters. The fraction of sp³-hybridized carbons (Fsp3) is 1.00. The van der Waals surface area contributed by atoms with Gasteiger partial charge in [0.25, 0.3) is 0 Å². The lowest BCUT2D eigenvalue weighted by Crippen LogP contribution is -2.37. The lowest BCUT2D eigenvalue weighted by molar-refractivity contribution is -0.870. The van der Waals surface area contributed by atoms with E-state index in [0.717, 1.165) is 34.3 Å². The highest BCUT2D eigenvalue weighted by molar-refractivity contribution is 5.97. The SMILES string of the molecule is C[N+](C)(C)CC[O][AlH2]. The van der Waals surface area contributed by atoms with Gasteiger partial charge in [-0.25, -0.2) is 0 Å². The quantitative estimate of drug-likeness (QED) is 0.363. The summed E-state index contributed by atoms with van der Waals surface area (Å²) in [5.41, 5.74) is 0. The molecule has 0 aromatic heterocycles. The summed E-state index contributed by atoms with van der Waals surface area (Å²) in [4.78, 5) is 0. The van der Waals surface area contributed by atoms with E-state index in [9.17, 15) is 0 Å². The molecular weight excluding hydrogens is 117 g/mol. The standard InChI is InChI=1S/C5H13NO.Al.2H/c1-6(2,3)4-5-7;;;/h4-5H2,1-3H3;;;/q;+1;;. The van der Waals surface area contributed by atoms with Crippen molar-refractivity contribution in [2.75, 3.05) is 34.3 Å². The summed E-state index contributed by atoms with van der Waals surface area (Å²) in [5, 5.41) is 0. The molecule has 0 fully saturated rings. The first-order chi connectivity index (χ1) is 3.56. The van der Waals surface area contributed by atoms with Crippen molar-refractivity contribution in [3.05, 3.63) is 0 Å². The van der Waals surface area contributed by atoms with Crippen molar-refractivity contribution in [3.63, 3.8) is 0 Å². The van der Waals surface area contributed by atoms with Crippen LogP contribution in [-0.2, 0) is 3.79 Å².